The summed E-state index contributed by atoms with van der Waals surface area (Å²) < 4.78 is 0. The van der Waals surface area contributed by atoms with E-state index in [4.69, 9.17) is 16.6 Å². The number of anilines is 1. The van der Waals surface area contributed by atoms with Crippen LogP contribution in [0.15, 0.2) is 0 Å². The number of nitrogen functional groups attached to an aromatic ring is 1. The standard InChI is InChI=1S/C5H11N5O/c6-3(1-2-11)4-8-5(7)10-9-4/h3,11H,1-2,6H2,(H3,7,8,9,10). The minimum atomic E-state index is -0.315. The summed E-state index contributed by atoms with van der Waals surface area (Å²) in [5.74, 6) is 0.685. The van der Waals surface area contributed by atoms with Gasteiger partial charge in [-0.25, -0.2) is 0 Å². The fourth-order valence-electron chi connectivity index (χ4n) is 0.730. The molecule has 1 aromatic rings. The fourth-order valence-corrected chi connectivity index (χ4v) is 0.730. The Kier molecular flexibility index (Phi) is 2.40. The number of aromatic nitrogens is 3. The average Bonchev–Trinajstić information content (AvgIpc) is 2.36. The number of nitrogens with one attached hydrogen (secondary N) is 1. The molecule has 0 bridgehead atoms. The SMILES string of the molecule is Nc1n[nH]c(C(N)CCO)n1. The Morgan fingerprint density at radius 3 is 2.82 bits per heavy atom. The van der Waals surface area contributed by atoms with Gasteiger partial charge in [0, 0.05) is 6.61 Å². The molecule has 1 aromatic heterocycles. The van der Waals surface area contributed by atoms with Gasteiger partial charge in [0.25, 0.3) is 0 Å². The molecule has 6 heteroatoms. The average molecular weight is 157 g/mol. The Morgan fingerprint density at radius 1 is 1.64 bits per heavy atom. The Bertz CT molecular complexity index is 222. The maximum atomic E-state index is 8.53. The van der Waals surface area contributed by atoms with E-state index >= 15 is 0 Å². The van der Waals surface area contributed by atoms with E-state index in [0.29, 0.717) is 12.2 Å². The highest BCUT2D eigenvalue weighted by atomic mass is 16.3. The zero-order chi connectivity index (χ0) is 8.27. The number of aliphatic hydroxyl groups is 1. The number of nitrogens with two attached hydrogens (primary N) is 2. The number of aromatic amines is 1. The van der Waals surface area contributed by atoms with Gasteiger partial charge < -0.3 is 16.6 Å². The lowest BCUT2D eigenvalue weighted by molar-refractivity contribution is 0.274. The maximum Gasteiger partial charge on any atom is 0.239 e. The molecule has 0 saturated heterocycles. The van der Waals surface area contributed by atoms with Gasteiger partial charge in [0.05, 0.1) is 6.04 Å². The van der Waals surface area contributed by atoms with Crippen LogP contribution in [0.4, 0.5) is 5.95 Å². The first-order valence-electron chi connectivity index (χ1n) is 3.28. The minimum absolute atomic E-state index is 0.0295. The number of aliphatic hydroxyl groups excluding tert-OH is 1. The lowest BCUT2D eigenvalue weighted by Crippen LogP contribution is -2.13. The fraction of sp³-hybridized carbons (Fsp3) is 0.600. The van der Waals surface area contributed by atoms with Crippen molar-refractivity contribution in [2.75, 3.05) is 12.3 Å². The van der Waals surface area contributed by atoms with Crippen molar-refractivity contribution in [3.05, 3.63) is 5.82 Å². The molecule has 1 atom stereocenters. The van der Waals surface area contributed by atoms with Crippen molar-refractivity contribution in [1.29, 1.82) is 0 Å². The van der Waals surface area contributed by atoms with Crippen LogP contribution >= 0.6 is 0 Å². The number of rotatable bonds is 3. The number of hydrogen-bond acceptors (Lipinski definition) is 5. The van der Waals surface area contributed by atoms with Crippen LogP contribution in [0, 0.1) is 0 Å². The quantitative estimate of drug-likeness (QED) is 0.438. The Morgan fingerprint density at radius 2 is 2.36 bits per heavy atom. The zero-order valence-electron chi connectivity index (χ0n) is 5.99. The second kappa shape index (κ2) is 3.31. The molecule has 6 N–H and O–H groups in total. The van der Waals surface area contributed by atoms with Crippen LogP contribution in [0.1, 0.15) is 18.3 Å². The topological polar surface area (TPSA) is 114 Å². The summed E-state index contributed by atoms with van der Waals surface area (Å²) in [7, 11) is 0. The largest absolute Gasteiger partial charge is 0.396 e. The second-order valence-corrected chi connectivity index (χ2v) is 2.20. The van der Waals surface area contributed by atoms with E-state index in [9.17, 15) is 0 Å². The van der Waals surface area contributed by atoms with Gasteiger partial charge in [0.1, 0.15) is 5.82 Å². The van der Waals surface area contributed by atoms with Crippen molar-refractivity contribution in [1.82, 2.24) is 15.2 Å². The van der Waals surface area contributed by atoms with Crippen LogP contribution in [-0.2, 0) is 0 Å². The smallest absolute Gasteiger partial charge is 0.239 e. The van der Waals surface area contributed by atoms with Gasteiger partial charge in [-0.1, -0.05) is 0 Å². The first kappa shape index (κ1) is 7.96. The van der Waals surface area contributed by atoms with Crippen LogP contribution < -0.4 is 11.5 Å². The molecular weight excluding hydrogens is 146 g/mol. The molecule has 1 unspecified atom stereocenters. The van der Waals surface area contributed by atoms with Gasteiger partial charge in [-0.3, -0.25) is 5.10 Å². The third kappa shape index (κ3) is 1.89. The molecule has 0 aromatic carbocycles. The molecule has 0 saturated carbocycles. The van der Waals surface area contributed by atoms with Crippen LogP contribution in [-0.4, -0.2) is 26.9 Å². The monoisotopic (exact) mass is 157 g/mol. The van der Waals surface area contributed by atoms with Crippen molar-refractivity contribution in [2.45, 2.75) is 12.5 Å². The molecule has 0 spiro atoms. The first-order valence-corrected chi connectivity index (χ1v) is 3.28. The van der Waals surface area contributed by atoms with Crippen molar-refractivity contribution < 1.29 is 5.11 Å². The summed E-state index contributed by atoms with van der Waals surface area (Å²) in [5, 5.41) is 14.7. The van der Waals surface area contributed by atoms with Gasteiger partial charge in [-0.05, 0) is 6.42 Å². The predicted octanol–water partition coefficient (Wildman–Crippen LogP) is -1.23. The second-order valence-electron chi connectivity index (χ2n) is 2.20. The van der Waals surface area contributed by atoms with E-state index in [1.807, 2.05) is 0 Å². The van der Waals surface area contributed by atoms with E-state index in [1.54, 1.807) is 0 Å². The van der Waals surface area contributed by atoms with Crippen LogP contribution in [0.5, 0.6) is 0 Å². The van der Waals surface area contributed by atoms with Gasteiger partial charge >= 0.3 is 0 Å². The molecule has 0 aliphatic rings. The third-order valence-corrected chi connectivity index (χ3v) is 1.31. The van der Waals surface area contributed by atoms with Crippen LogP contribution in [0.2, 0.25) is 0 Å². The van der Waals surface area contributed by atoms with E-state index in [1.165, 1.54) is 0 Å². The van der Waals surface area contributed by atoms with Gasteiger partial charge in [-0.2, -0.15) is 4.98 Å². The predicted molar refractivity (Wildman–Crippen MR) is 39.4 cm³/mol. The molecule has 0 radical (unpaired) electrons. The van der Waals surface area contributed by atoms with Gasteiger partial charge in [0.15, 0.2) is 0 Å². The molecule has 0 amide bonds. The molecule has 0 aliphatic carbocycles. The number of nitrogens with zero attached hydrogens (tertiary/aromatic N) is 2. The Hall–Kier alpha value is -1.14. The van der Waals surface area contributed by atoms with Crippen LogP contribution in [0.25, 0.3) is 0 Å². The molecule has 1 rings (SSSR count). The molecule has 0 fully saturated rings. The summed E-state index contributed by atoms with van der Waals surface area (Å²) in [4.78, 5) is 3.80. The van der Waals surface area contributed by atoms with Crippen molar-refractivity contribution >= 4 is 5.95 Å². The van der Waals surface area contributed by atoms with E-state index in [-0.39, 0.29) is 18.6 Å². The lowest BCUT2D eigenvalue weighted by atomic mass is 10.2. The molecule has 1 heterocycles. The summed E-state index contributed by atoms with van der Waals surface area (Å²) in [6.45, 7) is 0.0295. The summed E-state index contributed by atoms with van der Waals surface area (Å²) in [5.41, 5.74) is 10.8. The van der Waals surface area contributed by atoms with Crippen molar-refractivity contribution in [3.8, 4) is 0 Å². The van der Waals surface area contributed by atoms with Gasteiger partial charge in [0.2, 0.25) is 5.95 Å². The first-order chi connectivity index (χ1) is 5.24. The Balaban J connectivity index is 2.60. The van der Waals surface area contributed by atoms with Gasteiger partial charge in [-0.15, -0.1) is 5.10 Å². The molecule has 62 valence electrons. The molecule has 11 heavy (non-hydrogen) atoms. The summed E-state index contributed by atoms with van der Waals surface area (Å²) in [6.07, 6.45) is 0.453. The highest BCUT2D eigenvalue weighted by Gasteiger charge is 2.08. The summed E-state index contributed by atoms with van der Waals surface area (Å²) >= 11 is 0. The number of H-pyrrole nitrogens is 1. The summed E-state index contributed by atoms with van der Waals surface area (Å²) in [6, 6.07) is -0.315. The lowest BCUT2D eigenvalue weighted by Gasteiger charge is -2.03. The highest BCUT2D eigenvalue weighted by Crippen LogP contribution is 2.07. The highest BCUT2D eigenvalue weighted by molar-refractivity contribution is 5.13. The number of hydrogen-bond donors (Lipinski definition) is 4. The maximum absolute atomic E-state index is 8.53. The molecule has 6 nitrogen and oxygen atoms in total. The minimum Gasteiger partial charge on any atom is -0.396 e. The molecular formula is C5H11N5O. The third-order valence-electron chi connectivity index (χ3n) is 1.31. The molecule has 0 aliphatic heterocycles. The Labute approximate surface area is 63.6 Å². The zero-order valence-corrected chi connectivity index (χ0v) is 5.99. The van der Waals surface area contributed by atoms with E-state index in [2.05, 4.69) is 15.2 Å². The van der Waals surface area contributed by atoms with E-state index in [0.717, 1.165) is 0 Å². The van der Waals surface area contributed by atoms with Crippen LogP contribution in [0.3, 0.4) is 0 Å². The van der Waals surface area contributed by atoms with E-state index < -0.39 is 0 Å². The normalized spacial score (nSPS) is 13.3. The van der Waals surface area contributed by atoms with Crippen molar-refractivity contribution in [3.63, 3.8) is 0 Å². The van der Waals surface area contributed by atoms with Crippen molar-refractivity contribution in [2.24, 2.45) is 5.73 Å².